The van der Waals surface area contributed by atoms with Crippen LogP contribution in [-0.2, 0) is 0 Å². The molecule has 5 rings (SSSR count). The molecular formula is C27H25N7O. The van der Waals surface area contributed by atoms with Crippen molar-refractivity contribution in [3.63, 3.8) is 0 Å². The molecule has 3 heterocycles. The van der Waals surface area contributed by atoms with Crippen molar-refractivity contribution in [2.75, 3.05) is 11.1 Å². The molecule has 0 radical (unpaired) electrons. The summed E-state index contributed by atoms with van der Waals surface area (Å²) in [4.78, 5) is 31.8. The second-order valence-corrected chi connectivity index (χ2v) is 8.52. The Morgan fingerprint density at radius 1 is 0.971 bits per heavy atom. The lowest BCUT2D eigenvalue weighted by molar-refractivity contribution is 0.730. The van der Waals surface area contributed by atoms with Crippen LogP contribution < -0.4 is 16.6 Å². The monoisotopic (exact) mass is 463 g/mol. The van der Waals surface area contributed by atoms with E-state index >= 15 is 0 Å². The van der Waals surface area contributed by atoms with E-state index in [4.69, 9.17) is 10.7 Å². The van der Waals surface area contributed by atoms with Gasteiger partial charge in [-0.25, -0.2) is 9.97 Å². The minimum Gasteiger partial charge on any atom is -0.368 e. The van der Waals surface area contributed by atoms with Gasteiger partial charge in [0.15, 0.2) is 0 Å². The molecule has 0 aliphatic rings. The summed E-state index contributed by atoms with van der Waals surface area (Å²) < 4.78 is 1.66. The quantitative estimate of drug-likeness (QED) is 0.391. The van der Waals surface area contributed by atoms with Crippen molar-refractivity contribution in [3.05, 3.63) is 100 Å². The maximum atomic E-state index is 14.1. The number of pyridine rings is 1. The fourth-order valence-electron chi connectivity index (χ4n) is 4.18. The topological polar surface area (TPSA) is 112 Å². The van der Waals surface area contributed by atoms with Gasteiger partial charge >= 0.3 is 0 Å². The van der Waals surface area contributed by atoms with E-state index in [2.05, 4.69) is 20.3 Å². The van der Waals surface area contributed by atoms with E-state index in [1.54, 1.807) is 23.2 Å². The van der Waals surface area contributed by atoms with Gasteiger partial charge in [0.25, 0.3) is 5.56 Å². The lowest BCUT2D eigenvalue weighted by atomic mass is 10.0. The molecule has 0 aliphatic heterocycles. The number of fused-ring (bicyclic) bond motifs is 1. The van der Waals surface area contributed by atoms with E-state index < -0.39 is 0 Å². The van der Waals surface area contributed by atoms with Gasteiger partial charge in [0.05, 0.1) is 22.6 Å². The van der Waals surface area contributed by atoms with Crippen LogP contribution in [0, 0.1) is 13.8 Å². The molecule has 3 N–H and O–H groups in total. The highest BCUT2D eigenvalue weighted by atomic mass is 16.1. The second kappa shape index (κ2) is 8.98. The number of rotatable bonds is 5. The molecule has 2 aromatic carbocycles. The number of anilines is 2. The van der Waals surface area contributed by atoms with Gasteiger partial charge < -0.3 is 11.1 Å². The first-order valence-corrected chi connectivity index (χ1v) is 11.3. The Hall–Kier alpha value is -4.59. The lowest BCUT2D eigenvalue weighted by Crippen LogP contribution is -2.28. The van der Waals surface area contributed by atoms with Crippen LogP contribution in [0.1, 0.15) is 29.9 Å². The van der Waals surface area contributed by atoms with Gasteiger partial charge in [0.2, 0.25) is 5.95 Å². The van der Waals surface area contributed by atoms with Crippen LogP contribution in [0.5, 0.6) is 0 Å². The third-order valence-electron chi connectivity index (χ3n) is 5.85. The standard InChI is InChI=1S/C27H25N7O/c1-16-12-19(15-29-13-16)21-10-7-11-22-23(21)26(35)34(20-8-5-4-6-9-20)25(32-22)18(3)31-24-17(2)14-30-27(28)33-24/h4-15,18H,1-3H3,(H3,28,30,31,33)/t18-/m0/s1. The molecule has 3 aromatic heterocycles. The first-order valence-electron chi connectivity index (χ1n) is 11.3. The first-order chi connectivity index (χ1) is 16.9. The van der Waals surface area contributed by atoms with Crippen LogP contribution >= 0.6 is 0 Å². The summed E-state index contributed by atoms with van der Waals surface area (Å²) in [5.41, 5.74) is 10.5. The number of nitrogen functional groups attached to an aromatic ring is 1. The van der Waals surface area contributed by atoms with Crippen molar-refractivity contribution in [2.24, 2.45) is 0 Å². The Kier molecular flexibility index (Phi) is 5.70. The van der Waals surface area contributed by atoms with Crippen LogP contribution in [0.4, 0.5) is 11.8 Å². The van der Waals surface area contributed by atoms with Gasteiger partial charge in [-0.15, -0.1) is 0 Å². The molecule has 0 spiro atoms. The van der Waals surface area contributed by atoms with Gasteiger partial charge in [-0.05, 0) is 56.2 Å². The van der Waals surface area contributed by atoms with Gasteiger partial charge in [-0.1, -0.05) is 30.3 Å². The zero-order valence-electron chi connectivity index (χ0n) is 19.7. The Balaban J connectivity index is 1.75. The number of hydrogen-bond donors (Lipinski definition) is 2. The molecule has 0 saturated heterocycles. The molecule has 1 atom stereocenters. The molecule has 0 aliphatic carbocycles. The van der Waals surface area contributed by atoms with Crippen LogP contribution in [0.3, 0.4) is 0 Å². The summed E-state index contributed by atoms with van der Waals surface area (Å²) >= 11 is 0. The maximum absolute atomic E-state index is 14.1. The predicted molar refractivity (Wildman–Crippen MR) is 139 cm³/mol. The molecule has 5 aromatic rings. The summed E-state index contributed by atoms with van der Waals surface area (Å²) in [6, 6.07) is 16.9. The van der Waals surface area contributed by atoms with Gasteiger partial charge in [-0.2, -0.15) is 4.98 Å². The molecular weight excluding hydrogens is 438 g/mol. The fourth-order valence-corrected chi connectivity index (χ4v) is 4.18. The van der Waals surface area contributed by atoms with E-state index in [0.29, 0.717) is 22.5 Å². The van der Waals surface area contributed by atoms with Crippen molar-refractivity contribution in [1.29, 1.82) is 0 Å². The highest BCUT2D eigenvalue weighted by molar-refractivity contribution is 5.94. The maximum Gasteiger partial charge on any atom is 0.266 e. The number of aryl methyl sites for hydroxylation is 2. The summed E-state index contributed by atoms with van der Waals surface area (Å²) in [5.74, 6) is 1.33. The Labute approximate surface area is 202 Å². The normalized spacial score (nSPS) is 12.0. The Morgan fingerprint density at radius 3 is 2.54 bits per heavy atom. The van der Waals surface area contributed by atoms with Gasteiger partial charge in [0.1, 0.15) is 11.6 Å². The van der Waals surface area contributed by atoms with Crippen LogP contribution in [0.25, 0.3) is 27.7 Å². The average Bonchev–Trinajstić information content (AvgIpc) is 2.86. The number of hydrogen-bond acceptors (Lipinski definition) is 7. The van der Waals surface area contributed by atoms with E-state index in [0.717, 1.165) is 27.9 Å². The number of aromatic nitrogens is 5. The molecule has 0 saturated carbocycles. The van der Waals surface area contributed by atoms with Gasteiger partial charge in [0, 0.05) is 29.7 Å². The molecule has 8 nitrogen and oxygen atoms in total. The van der Waals surface area contributed by atoms with Gasteiger partial charge in [-0.3, -0.25) is 14.3 Å². The highest BCUT2D eigenvalue weighted by Gasteiger charge is 2.21. The Morgan fingerprint density at radius 2 is 1.77 bits per heavy atom. The molecule has 0 unspecified atom stereocenters. The lowest BCUT2D eigenvalue weighted by Gasteiger charge is -2.21. The van der Waals surface area contributed by atoms with E-state index in [1.165, 1.54) is 0 Å². The smallest absolute Gasteiger partial charge is 0.266 e. The molecule has 35 heavy (non-hydrogen) atoms. The number of para-hydroxylation sites is 1. The zero-order valence-corrected chi connectivity index (χ0v) is 19.7. The summed E-state index contributed by atoms with van der Waals surface area (Å²) in [6.07, 6.45) is 5.23. The van der Waals surface area contributed by atoms with E-state index in [9.17, 15) is 4.79 Å². The molecule has 0 amide bonds. The number of nitrogens with zero attached hydrogens (tertiary/aromatic N) is 5. The predicted octanol–water partition coefficient (Wildman–Crippen LogP) is 4.61. The molecule has 8 heteroatoms. The molecule has 0 fully saturated rings. The number of nitrogens with two attached hydrogens (primary N) is 1. The summed E-state index contributed by atoms with van der Waals surface area (Å²) in [6.45, 7) is 5.82. The molecule has 0 bridgehead atoms. The highest BCUT2D eigenvalue weighted by Crippen LogP contribution is 2.28. The minimum atomic E-state index is -0.357. The fraction of sp³-hybridized carbons (Fsp3) is 0.148. The average molecular weight is 464 g/mol. The summed E-state index contributed by atoms with van der Waals surface area (Å²) in [5, 5.41) is 3.90. The SMILES string of the molecule is Cc1cncc(-c2cccc3nc([C@H](C)Nc4nc(N)ncc4C)n(-c4ccccc4)c(=O)c23)c1. The first kappa shape index (κ1) is 22.2. The number of nitrogens with one attached hydrogen (secondary N) is 1. The molecule has 174 valence electrons. The van der Waals surface area contributed by atoms with Crippen molar-refractivity contribution in [2.45, 2.75) is 26.8 Å². The van der Waals surface area contributed by atoms with Crippen LogP contribution in [-0.4, -0.2) is 24.5 Å². The largest absolute Gasteiger partial charge is 0.368 e. The van der Waals surface area contributed by atoms with Crippen molar-refractivity contribution >= 4 is 22.7 Å². The van der Waals surface area contributed by atoms with E-state index in [1.807, 2.05) is 75.4 Å². The van der Waals surface area contributed by atoms with Crippen molar-refractivity contribution in [1.82, 2.24) is 24.5 Å². The van der Waals surface area contributed by atoms with Crippen LogP contribution in [0.15, 0.2) is 78.0 Å². The Bertz CT molecular complexity index is 1600. The van der Waals surface area contributed by atoms with Crippen LogP contribution in [0.2, 0.25) is 0 Å². The number of benzene rings is 2. The third kappa shape index (κ3) is 4.21. The second-order valence-electron chi connectivity index (χ2n) is 8.52. The van der Waals surface area contributed by atoms with E-state index in [-0.39, 0.29) is 17.5 Å². The summed E-state index contributed by atoms with van der Waals surface area (Å²) in [7, 11) is 0. The third-order valence-corrected chi connectivity index (χ3v) is 5.85. The van der Waals surface area contributed by atoms with Crippen molar-refractivity contribution < 1.29 is 0 Å². The minimum absolute atomic E-state index is 0.152. The zero-order chi connectivity index (χ0) is 24.5. The van der Waals surface area contributed by atoms with Crippen molar-refractivity contribution in [3.8, 4) is 16.8 Å².